The molecule has 1 saturated heterocycles. The van der Waals surface area contributed by atoms with Gasteiger partial charge in [0, 0.05) is 38.4 Å². The van der Waals surface area contributed by atoms with Crippen molar-refractivity contribution < 1.29 is 4.79 Å². The largest absolute Gasteiger partial charge is 0.366 e. The molecule has 2 aliphatic heterocycles. The van der Waals surface area contributed by atoms with Crippen molar-refractivity contribution in [3.8, 4) is 0 Å². The molecule has 1 aromatic rings. The number of hydrogen-bond donors (Lipinski definition) is 1. The van der Waals surface area contributed by atoms with E-state index in [0.29, 0.717) is 6.04 Å². The summed E-state index contributed by atoms with van der Waals surface area (Å²) in [7, 11) is 1.70. The van der Waals surface area contributed by atoms with E-state index in [-0.39, 0.29) is 6.03 Å². The molecule has 1 aromatic carbocycles. The summed E-state index contributed by atoms with van der Waals surface area (Å²) >= 11 is 0. The number of likely N-dealkylation sites (tertiary alicyclic amines) is 1. The number of amides is 2. The molecule has 0 radical (unpaired) electrons. The van der Waals surface area contributed by atoms with Crippen LogP contribution in [0.15, 0.2) is 18.2 Å². The molecular formula is C15H21N3O. The molecule has 0 unspecified atom stereocenters. The molecule has 1 atom stereocenters. The van der Waals surface area contributed by atoms with Gasteiger partial charge in [0.25, 0.3) is 0 Å². The molecule has 4 heteroatoms. The average Bonchev–Trinajstić information content (AvgIpc) is 3.03. The van der Waals surface area contributed by atoms with Gasteiger partial charge in [0.15, 0.2) is 0 Å². The fourth-order valence-electron chi connectivity index (χ4n) is 3.27. The second kappa shape index (κ2) is 4.76. The summed E-state index contributed by atoms with van der Waals surface area (Å²) in [5, 5.41) is 2.71. The molecule has 19 heavy (non-hydrogen) atoms. The Morgan fingerprint density at radius 1 is 1.37 bits per heavy atom. The van der Waals surface area contributed by atoms with Crippen LogP contribution in [0, 0.1) is 6.92 Å². The first-order valence-electron chi connectivity index (χ1n) is 7.02. The minimum atomic E-state index is 0.0471. The molecule has 2 amide bonds. The van der Waals surface area contributed by atoms with E-state index >= 15 is 0 Å². The zero-order valence-corrected chi connectivity index (χ0v) is 11.6. The molecule has 4 nitrogen and oxygen atoms in total. The monoisotopic (exact) mass is 259 g/mol. The van der Waals surface area contributed by atoms with Crippen LogP contribution in [0.25, 0.3) is 0 Å². The minimum Gasteiger partial charge on any atom is -0.366 e. The zero-order valence-electron chi connectivity index (χ0n) is 11.6. The Kier molecular flexibility index (Phi) is 3.09. The molecule has 0 aromatic heterocycles. The van der Waals surface area contributed by atoms with E-state index in [9.17, 15) is 4.79 Å². The number of nitrogens with one attached hydrogen (secondary N) is 1. The number of fused-ring (bicyclic) bond motifs is 1. The van der Waals surface area contributed by atoms with E-state index < -0.39 is 0 Å². The molecule has 0 spiro atoms. The molecule has 0 aliphatic carbocycles. The van der Waals surface area contributed by atoms with E-state index in [1.165, 1.54) is 16.8 Å². The molecule has 3 rings (SSSR count). The lowest BCUT2D eigenvalue weighted by molar-refractivity contribution is 0.210. The highest BCUT2D eigenvalue weighted by Crippen LogP contribution is 2.32. The third-order valence-corrected chi connectivity index (χ3v) is 4.27. The van der Waals surface area contributed by atoms with Gasteiger partial charge >= 0.3 is 6.03 Å². The summed E-state index contributed by atoms with van der Waals surface area (Å²) in [4.78, 5) is 16.1. The molecule has 2 heterocycles. The SMILES string of the molecule is CNC(=O)N1CC[C@@H](N2CCc3cc(C)ccc32)C1. The smallest absolute Gasteiger partial charge is 0.317 e. The Morgan fingerprint density at radius 2 is 2.21 bits per heavy atom. The lowest BCUT2D eigenvalue weighted by Crippen LogP contribution is -2.40. The number of urea groups is 1. The third kappa shape index (κ3) is 2.15. The van der Waals surface area contributed by atoms with Crippen LogP contribution in [0.3, 0.4) is 0 Å². The van der Waals surface area contributed by atoms with Crippen molar-refractivity contribution >= 4 is 11.7 Å². The number of hydrogen-bond acceptors (Lipinski definition) is 2. The topological polar surface area (TPSA) is 35.6 Å². The van der Waals surface area contributed by atoms with Crippen LogP contribution in [0.5, 0.6) is 0 Å². The van der Waals surface area contributed by atoms with E-state index in [4.69, 9.17) is 0 Å². The maximum Gasteiger partial charge on any atom is 0.317 e. The molecule has 0 saturated carbocycles. The van der Waals surface area contributed by atoms with Gasteiger partial charge in [-0.25, -0.2) is 4.79 Å². The van der Waals surface area contributed by atoms with Crippen molar-refractivity contribution in [1.29, 1.82) is 0 Å². The quantitative estimate of drug-likeness (QED) is 0.834. The van der Waals surface area contributed by atoms with E-state index in [1.54, 1.807) is 7.05 Å². The first-order valence-corrected chi connectivity index (χ1v) is 7.02. The van der Waals surface area contributed by atoms with Gasteiger partial charge in [-0.05, 0) is 31.4 Å². The predicted octanol–water partition coefficient (Wildman–Crippen LogP) is 1.77. The molecule has 1 N–H and O–H groups in total. The van der Waals surface area contributed by atoms with Gasteiger partial charge in [0.05, 0.1) is 0 Å². The Balaban J connectivity index is 1.75. The van der Waals surface area contributed by atoms with Crippen molar-refractivity contribution in [2.45, 2.75) is 25.8 Å². The van der Waals surface area contributed by atoms with Crippen LogP contribution in [-0.4, -0.2) is 43.7 Å². The first kappa shape index (κ1) is 12.3. The van der Waals surface area contributed by atoms with Gasteiger partial charge in [0.1, 0.15) is 0 Å². The average molecular weight is 259 g/mol. The van der Waals surface area contributed by atoms with Crippen molar-refractivity contribution in [1.82, 2.24) is 10.2 Å². The minimum absolute atomic E-state index is 0.0471. The highest BCUT2D eigenvalue weighted by molar-refractivity contribution is 5.74. The van der Waals surface area contributed by atoms with Gasteiger partial charge < -0.3 is 15.1 Å². The van der Waals surface area contributed by atoms with Crippen LogP contribution >= 0.6 is 0 Å². The number of anilines is 1. The first-order chi connectivity index (χ1) is 9.19. The van der Waals surface area contributed by atoms with Crippen LogP contribution in [0.4, 0.5) is 10.5 Å². The number of carbonyl (C=O) groups excluding carboxylic acids is 1. The maximum atomic E-state index is 11.7. The number of carbonyl (C=O) groups is 1. The fourth-order valence-corrected chi connectivity index (χ4v) is 3.27. The molecule has 2 aliphatic rings. The Morgan fingerprint density at radius 3 is 3.00 bits per heavy atom. The normalized spacial score (nSPS) is 21.7. The van der Waals surface area contributed by atoms with Crippen LogP contribution in [-0.2, 0) is 6.42 Å². The van der Waals surface area contributed by atoms with E-state index in [2.05, 4.69) is 35.3 Å². The van der Waals surface area contributed by atoms with Gasteiger partial charge in [0.2, 0.25) is 0 Å². The molecule has 102 valence electrons. The number of benzene rings is 1. The fraction of sp³-hybridized carbons (Fsp3) is 0.533. The van der Waals surface area contributed by atoms with Crippen molar-refractivity contribution in [3.63, 3.8) is 0 Å². The second-order valence-corrected chi connectivity index (χ2v) is 5.52. The number of aryl methyl sites for hydroxylation is 1. The Labute approximate surface area is 114 Å². The predicted molar refractivity (Wildman–Crippen MR) is 76.7 cm³/mol. The Hall–Kier alpha value is -1.71. The Bertz CT molecular complexity index is 500. The highest BCUT2D eigenvalue weighted by atomic mass is 16.2. The second-order valence-electron chi connectivity index (χ2n) is 5.52. The van der Waals surface area contributed by atoms with Crippen LogP contribution in [0.1, 0.15) is 17.5 Å². The van der Waals surface area contributed by atoms with Gasteiger partial charge in [-0.2, -0.15) is 0 Å². The summed E-state index contributed by atoms with van der Waals surface area (Å²) in [5.41, 5.74) is 4.16. The zero-order chi connectivity index (χ0) is 13.4. The van der Waals surface area contributed by atoms with Crippen molar-refractivity contribution in [2.24, 2.45) is 0 Å². The van der Waals surface area contributed by atoms with Crippen molar-refractivity contribution in [2.75, 3.05) is 31.6 Å². The van der Waals surface area contributed by atoms with Gasteiger partial charge in [-0.1, -0.05) is 17.7 Å². The summed E-state index contributed by atoms with van der Waals surface area (Å²) < 4.78 is 0. The van der Waals surface area contributed by atoms with Crippen LogP contribution in [0.2, 0.25) is 0 Å². The molecule has 1 fully saturated rings. The standard InChI is InChI=1S/C15H21N3O/c1-11-3-4-14-12(9-11)5-8-18(14)13-6-7-17(10-13)15(19)16-2/h3-4,9,13H,5-8,10H2,1-2H3,(H,16,19)/t13-/m1/s1. The van der Waals surface area contributed by atoms with Crippen molar-refractivity contribution in [3.05, 3.63) is 29.3 Å². The van der Waals surface area contributed by atoms with E-state index in [1.807, 2.05) is 4.90 Å². The lowest BCUT2D eigenvalue weighted by atomic mass is 10.1. The lowest BCUT2D eigenvalue weighted by Gasteiger charge is -2.27. The summed E-state index contributed by atoms with van der Waals surface area (Å²) in [6.45, 7) is 4.94. The van der Waals surface area contributed by atoms with E-state index in [0.717, 1.165) is 32.5 Å². The molecular weight excluding hydrogens is 238 g/mol. The summed E-state index contributed by atoms with van der Waals surface area (Å²) in [6.07, 6.45) is 2.20. The number of nitrogens with zero attached hydrogens (tertiary/aromatic N) is 2. The highest BCUT2D eigenvalue weighted by Gasteiger charge is 2.33. The van der Waals surface area contributed by atoms with Gasteiger partial charge in [-0.3, -0.25) is 0 Å². The maximum absolute atomic E-state index is 11.7. The van der Waals surface area contributed by atoms with Crippen LogP contribution < -0.4 is 10.2 Å². The summed E-state index contributed by atoms with van der Waals surface area (Å²) in [6, 6.07) is 7.23. The third-order valence-electron chi connectivity index (χ3n) is 4.27. The number of rotatable bonds is 1. The summed E-state index contributed by atoms with van der Waals surface area (Å²) in [5.74, 6) is 0. The molecule has 0 bridgehead atoms. The van der Waals surface area contributed by atoms with Gasteiger partial charge in [-0.15, -0.1) is 0 Å².